The molecular formula is C20H21Cl2Zr. The first-order valence-electron chi connectivity index (χ1n) is 7.59. The molecule has 0 amide bonds. The fourth-order valence-electron chi connectivity index (χ4n) is 3.90. The minimum absolute atomic E-state index is 0. The summed E-state index contributed by atoms with van der Waals surface area (Å²) < 4.78 is 9.52. The van der Waals surface area contributed by atoms with Crippen molar-refractivity contribution in [3.8, 4) is 11.1 Å². The second-order valence-electron chi connectivity index (χ2n) is 6.35. The first-order valence-corrected chi connectivity index (χ1v) is 14.4. The monoisotopic (exact) mass is 421 g/mol. The van der Waals surface area contributed by atoms with Crippen molar-refractivity contribution in [1.82, 2.24) is 0 Å². The van der Waals surface area contributed by atoms with E-state index in [4.69, 9.17) is 4.21 Å². The number of hydrogen-bond acceptors (Lipinski definition) is 0. The molecule has 2 aromatic rings. The zero-order valence-electron chi connectivity index (χ0n) is 13.2. The van der Waals surface area contributed by atoms with E-state index in [1.54, 1.807) is 3.28 Å². The van der Waals surface area contributed by atoms with E-state index in [0.717, 1.165) is 6.42 Å². The standard InChI is InChI=1S/C13H9.C5H5.CH3.CH2.2ClH.Zr/c1-3-7-12-10(5-1)9-11-6-2-4-8-13(11)12;1-2-4-5-3-1;;;;;/h1-9H;1-3H,4H2;1H3;1H2;2*1H;. The summed E-state index contributed by atoms with van der Waals surface area (Å²) in [4.78, 5) is 0. The van der Waals surface area contributed by atoms with Crippen LogP contribution in [0.4, 0.5) is 0 Å². The topological polar surface area (TPSA) is 0 Å². The summed E-state index contributed by atoms with van der Waals surface area (Å²) in [5, 5.41) is 0. The molecule has 0 N–H and O–H groups in total. The molecule has 3 heteroatoms. The second-order valence-corrected chi connectivity index (χ2v) is 16.3. The minimum atomic E-state index is -2.65. The Morgan fingerprint density at radius 3 is 1.91 bits per heavy atom. The number of fused-ring (bicyclic) bond motifs is 3. The summed E-state index contributed by atoms with van der Waals surface area (Å²) in [7, 11) is 0. The van der Waals surface area contributed by atoms with E-state index < -0.39 is 19.8 Å². The van der Waals surface area contributed by atoms with E-state index in [1.165, 1.54) is 22.3 Å². The van der Waals surface area contributed by atoms with Crippen LogP contribution < -0.4 is 0 Å². The zero-order chi connectivity index (χ0) is 14.4. The molecule has 2 aliphatic rings. The van der Waals surface area contributed by atoms with Gasteiger partial charge in [0.2, 0.25) is 0 Å². The molecule has 1 atom stereocenters. The summed E-state index contributed by atoms with van der Waals surface area (Å²) in [6.45, 7) is 0. The van der Waals surface area contributed by atoms with E-state index in [1.807, 2.05) is 0 Å². The van der Waals surface area contributed by atoms with Gasteiger partial charge in [-0.05, 0) is 0 Å². The van der Waals surface area contributed by atoms with E-state index in [-0.39, 0.29) is 24.8 Å². The van der Waals surface area contributed by atoms with Crippen LogP contribution >= 0.6 is 24.8 Å². The van der Waals surface area contributed by atoms with Crippen LogP contribution in [0.5, 0.6) is 0 Å². The number of halogens is 2. The molecule has 0 radical (unpaired) electrons. The molecule has 0 bridgehead atoms. The summed E-state index contributed by atoms with van der Waals surface area (Å²) in [5.74, 6) is 0. The quantitative estimate of drug-likeness (QED) is 0.549. The normalized spacial score (nSPS) is 17.3. The van der Waals surface area contributed by atoms with Crippen LogP contribution in [0.1, 0.15) is 21.2 Å². The Bertz CT molecular complexity index is 788. The molecule has 2 aliphatic carbocycles. The first-order chi connectivity index (χ1) is 10.2. The van der Waals surface area contributed by atoms with Crippen molar-refractivity contribution in [1.29, 1.82) is 0 Å². The van der Waals surface area contributed by atoms with Crippen LogP contribution in [0.2, 0.25) is 4.63 Å². The van der Waals surface area contributed by atoms with Gasteiger partial charge in [-0.3, -0.25) is 0 Å². The van der Waals surface area contributed by atoms with Gasteiger partial charge < -0.3 is 0 Å². The third-order valence-electron chi connectivity index (χ3n) is 4.98. The average molecular weight is 424 g/mol. The third kappa shape index (κ3) is 2.89. The van der Waals surface area contributed by atoms with Gasteiger partial charge in [0.25, 0.3) is 0 Å². The van der Waals surface area contributed by atoms with Gasteiger partial charge in [0.1, 0.15) is 0 Å². The molecule has 0 fully saturated rings. The number of allylic oxidation sites excluding steroid dienone is 4. The van der Waals surface area contributed by atoms with Crippen LogP contribution in [-0.4, -0.2) is 4.21 Å². The molecule has 2 aromatic carbocycles. The van der Waals surface area contributed by atoms with Crippen molar-refractivity contribution in [3.63, 3.8) is 0 Å². The van der Waals surface area contributed by atoms with Gasteiger partial charge >= 0.3 is 131 Å². The first kappa shape index (κ1) is 18.6. The number of hydrogen-bond donors (Lipinski definition) is 0. The Morgan fingerprint density at radius 2 is 1.43 bits per heavy atom. The van der Waals surface area contributed by atoms with Crippen molar-refractivity contribution >= 4 is 29.0 Å². The third-order valence-corrected chi connectivity index (χ3v) is 14.2. The molecule has 119 valence electrons. The maximum atomic E-state index is 4.83. The number of rotatable bonds is 2. The van der Waals surface area contributed by atoms with E-state index >= 15 is 0 Å². The Kier molecular flexibility index (Phi) is 5.67. The molecular weight excluding hydrogens is 402 g/mol. The Balaban J connectivity index is 0.000000960. The SMILES string of the molecule is Cl.Cl.[CH2]=[Zr]([CH3])([C]1=CC=CC1)[CH]1c2ccccc2-c2ccccc21. The van der Waals surface area contributed by atoms with E-state index in [0.29, 0.717) is 3.63 Å². The maximum absolute atomic E-state index is 4.83. The summed E-state index contributed by atoms with van der Waals surface area (Å²) in [6.07, 6.45) is 7.95. The fourth-order valence-corrected chi connectivity index (χ4v) is 12.0. The molecule has 0 heterocycles. The van der Waals surface area contributed by atoms with Crippen molar-refractivity contribution in [3.05, 3.63) is 81.2 Å². The van der Waals surface area contributed by atoms with Crippen molar-refractivity contribution in [2.75, 3.05) is 0 Å². The van der Waals surface area contributed by atoms with Crippen LogP contribution in [0.15, 0.2) is 70.0 Å². The Morgan fingerprint density at radius 1 is 0.913 bits per heavy atom. The molecule has 1 unspecified atom stereocenters. The Hall–Kier alpha value is -0.747. The van der Waals surface area contributed by atoms with E-state index in [2.05, 4.69) is 71.4 Å². The van der Waals surface area contributed by atoms with Gasteiger partial charge in [-0.1, -0.05) is 0 Å². The fraction of sp³-hybridized carbons (Fsp3) is 0.150. The molecule has 23 heavy (non-hydrogen) atoms. The van der Waals surface area contributed by atoms with Gasteiger partial charge in [-0.15, -0.1) is 24.8 Å². The van der Waals surface area contributed by atoms with Gasteiger partial charge in [0.05, 0.1) is 0 Å². The molecule has 0 saturated carbocycles. The molecule has 0 aromatic heterocycles. The van der Waals surface area contributed by atoms with Crippen molar-refractivity contribution in [2.45, 2.75) is 14.7 Å². The average Bonchev–Trinajstić information content (AvgIpc) is 3.14. The van der Waals surface area contributed by atoms with E-state index in [9.17, 15) is 0 Å². The van der Waals surface area contributed by atoms with Crippen LogP contribution in [-0.2, 0) is 19.8 Å². The predicted octanol–water partition coefficient (Wildman–Crippen LogP) is 6.08. The molecule has 0 aliphatic heterocycles. The van der Waals surface area contributed by atoms with Crippen LogP contribution in [0, 0.1) is 0 Å². The Labute approximate surface area is 155 Å². The molecule has 0 spiro atoms. The predicted molar refractivity (Wildman–Crippen MR) is 103 cm³/mol. The van der Waals surface area contributed by atoms with Gasteiger partial charge in [-0.2, -0.15) is 0 Å². The van der Waals surface area contributed by atoms with Crippen LogP contribution in [0.3, 0.4) is 0 Å². The van der Waals surface area contributed by atoms with Gasteiger partial charge in [-0.25, -0.2) is 0 Å². The molecule has 4 rings (SSSR count). The summed E-state index contributed by atoms with van der Waals surface area (Å²) >= 11 is -2.65. The summed E-state index contributed by atoms with van der Waals surface area (Å²) in [6, 6.07) is 17.9. The number of benzene rings is 2. The van der Waals surface area contributed by atoms with Gasteiger partial charge in [0, 0.05) is 0 Å². The van der Waals surface area contributed by atoms with Crippen molar-refractivity contribution < 1.29 is 19.8 Å². The molecule has 0 saturated heterocycles. The molecule has 0 nitrogen and oxygen atoms in total. The van der Waals surface area contributed by atoms with Crippen molar-refractivity contribution in [2.24, 2.45) is 0 Å². The van der Waals surface area contributed by atoms with Gasteiger partial charge in [0.15, 0.2) is 0 Å². The van der Waals surface area contributed by atoms with Crippen LogP contribution in [0.25, 0.3) is 11.1 Å². The summed E-state index contributed by atoms with van der Waals surface area (Å²) in [5.41, 5.74) is 5.88. The second kappa shape index (κ2) is 7.01. The zero-order valence-corrected chi connectivity index (χ0v) is 17.2.